The SMILES string of the molecule is C=CCC(=O)N1CCc2c(C=Nc3cc(C)c(C)cc3NC)n[nH]c2C1. The van der Waals surface area contributed by atoms with Gasteiger partial charge in [0.05, 0.1) is 29.8 Å². The highest BCUT2D eigenvalue weighted by molar-refractivity contribution is 5.85. The highest BCUT2D eigenvalue weighted by Crippen LogP contribution is 2.28. The van der Waals surface area contributed by atoms with Crippen LogP contribution in [0.15, 0.2) is 29.8 Å². The highest BCUT2D eigenvalue weighted by Gasteiger charge is 2.23. The molecule has 1 aliphatic heterocycles. The number of anilines is 1. The van der Waals surface area contributed by atoms with Crippen molar-refractivity contribution in [2.75, 3.05) is 18.9 Å². The van der Waals surface area contributed by atoms with Gasteiger partial charge in [0.2, 0.25) is 5.91 Å². The molecule has 0 saturated heterocycles. The van der Waals surface area contributed by atoms with Crippen LogP contribution in [0.4, 0.5) is 11.4 Å². The fourth-order valence-electron chi connectivity index (χ4n) is 3.15. The molecule has 0 aliphatic carbocycles. The Balaban J connectivity index is 1.81. The van der Waals surface area contributed by atoms with E-state index in [4.69, 9.17) is 0 Å². The lowest BCUT2D eigenvalue weighted by Gasteiger charge is -2.26. The van der Waals surface area contributed by atoms with E-state index in [1.165, 1.54) is 11.1 Å². The van der Waals surface area contributed by atoms with Crippen molar-refractivity contribution in [3.8, 4) is 0 Å². The highest BCUT2D eigenvalue weighted by atomic mass is 16.2. The number of rotatable bonds is 5. The molecule has 6 nitrogen and oxygen atoms in total. The van der Waals surface area contributed by atoms with Crippen LogP contribution in [0.5, 0.6) is 0 Å². The fraction of sp³-hybridized carbons (Fsp3) is 0.350. The topological polar surface area (TPSA) is 73.4 Å². The third kappa shape index (κ3) is 3.54. The molecule has 2 aromatic rings. The van der Waals surface area contributed by atoms with Crippen LogP contribution in [-0.4, -0.2) is 40.8 Å². The monoisotopic (exact) mass is 351 g/mol. The molecule has 1 aromatic carbocycles. The largest absolute Gasteiger partial charge is 0.386 e. The maximum atomic E-state index is 12.0. The summed E-state index contributed by atoms with van der Waals surface area (Å²) in [4.78, 5) is 18.5. The Kier molecular flexibility index (Phi) is 5.21. The van der Waals surface area contributed by atoms with Gasteiger partial charge >= 0.3 is 0 Å². The molecule has 0 atom stereocenters. The van der Waals surface area contributed by atoms with Crippen molar-refractivity contribution in [1.82, 2.24) is 15.1 Å². The summed E-state index contributed by atoms with van der Waals surface area (Å²) in [6.07, 6.45) is 4.60. The molecule has 1 amide bonds. The maximum Gasteiger partial charge on any atom is 0.226 e. The van der Waals surface area contributed by atoms with Gasteiger partial charge in [-0.1, -0.05) is 6.08 Å². The van der Waals surface area contributed by atoms with Gasteiger partial charge in [0.15, 0.2) is 0 Å². The molecule has 0 saturated carbocycles. The molecule has 1 aromatic heterocycles. The first kappa shape index (κ1) is 17.9. The minimum absolute atomic E-state index is 0.101. The predicted molar refractivity (Wildman–Crippen MR) is 105 cm³/mol. The van der Waals surface area contributed by atoms with Crippen molar-refractivity contribution in [3.63, 3.8) is 0 Å². The van der Waals surface area contributed by atoms with E-state index in [2.05, 4.69) is 53.1 Å². The van der Waals surface area contributed by atoms with Crippen LogP contribution in [0.1, 0.15) is 34.5 Å². The molecule has 0 bridgehead atoms. The van der Waals surface area contributed by atoms with Crippen molar-refractivity contribution in [2.24, 2.45) is 4.99 Å². The molecule has 1 aliphatic rings. The number of aliphatic imine (C=N–C) groups is 1. The molecule has 0 unspecified atom stereocenters. The zero-order valence-corrected chi connectivity index (χ0v) is 15.6. The molecule has 136 valence electrons. The summed E-state index contributed by atoms with van der Waals surface area (Å²) in [6.45, 7) is 9.07. The Morgan fingerprint density at radius 3 is 2.92 bits per heavy atom. The predicted octanol–water partition coefficient (Wildman–Crippen LogP) is 3.28. The van der Waals surface area contributed by atoms with Crippen LogP contribution in [0.25, 0.3) is 0 Å². The number of hydrogen-bond acceptors (Lipinski definition) is 4. The molecule has 2 N–H and O–H groups in total. The Morgan fingerprint density at radius 2 is 2.19 bits per heavy atom. The van der Waals surface area contributed by atoms with Crippen molar-refractivity contribution in [2.45, 2.75) is 33.2 Å². The molecular formula is C20H25N5O. The van der Waals surface area contributed by atoms with Crippen molar-refractivity contribution in [3.05, 3.63) is 52.9 Å². The number of benzene rings is 1. The van der Waals surface area contributed by atoms with Gasteiger partial charge in [-0.25, -0.2) is 0 Å². The second-order valence-electron chi connectivity index (χ2n) is 6.59. The Hall–Kier alpha value is -2.89. The lowest BCUT2D eigenvalue weighted by Crippen LogP contribution is -2.35. The van der Waals surface area contributed by atoms with E-state index in [1.54, 1.807) is 6.08 Å². The van der Waals surface area contributed by atoms with Gasteiger partial charge in [-0.05, 0) is 43.5 Å². The Bertz CT molecular complexity index is 865. The molecule has 0 fully saturated rings. The van der Waals surface area contributed by atoms with Gasteiger partial charge in [-0.15, -0.1) is 6.58 Å². The second kappa shape index (κ2) is 7.56. The second-order valence-corrected chi connectivity index (χ2v) is 6.59. The number of hydrogen-bond donors (Lipinski definition) is 2. The molecule has 0 radical (unpaired) electrons. The van der Waals surface area contributed by atoms with Crippen LogP contribution < -0.4 is 5.32 Å². The zero-order valence-electron chi connectivity index (χ0n) is 15.6. The normalized spacial score (nSPS) is 13.7. The quantitative estimate of drug-likeness (QED) is 0.641. The molecule has 6 heteroatoms. The van der Waals surface area contributed by atoms with Crippen LogP contribution >= 0.6 is 0 Å². The number of aromatic amines is 1. The minimum Gasteiger partial charge on any atom is -0.386 e. The number of carbonyl (C=O) groups excluding carboxylic acids is 1. The summed E-state index contributed by atoms with van der Waals surface area (Å²) in [5, 5.41) is 10.6. The van der Waals surface area contributed by atoms with Crippen LogP contribution in [0.3, 0.4) is 0 Å². The average Bonchev–Trinajstić information content (AvgIpc) is 3.04. The van der Waals surface area contributed by atoms with Gasteiger partial charge in [0, 0.05) is 25.6 Å². The number of aromatic nitrogens is 2. The number of fused-ring (bicyclic) bond motifs is 1. The van der Waals surface area contributed by atoms with E-state index in [-0.39, 0.29) is 5.91 Å². The minimum atomic E-state index is 0.101. The Morgan fingerprint density at radius 1 is 1.42 bits per heavy atom. The van der Waals surface area contributed by atoms with Crippen LogP contribution in [0.2, 0.25) is 0 Å². The molecule has 2 heterocycles. The number of H-pyrrole nitrogens is 1. The number of carbonyl (C=O) groups is 1. The van der Waals surface area contributed by atoms with E-state index in [0.29, 0.717) is 19.5 Å². The zero-order chi connectivity index (χ0) is 18.7. The number of nitrogens with one attached hydrogen (secondary N) is 2. The number of amides is 1. The van der Waals surface area contributed by atoms with Crippen molar-refractivity contribution >= 4 is 23.5 Å². The van der Waals surface area contributed by atoms with Crippen LogP contribution in [-0.2, 0) is 17.8 Å². The van der Waals surface area contributed by atoms with E-state index in [9.17, 15) is 4.79 Å². The standard InChI is InChI=1S/C20H25N5O/c1-5-6-20(26)25-8-7-15-18(23-24-19(15)12-25)11-22-17-10-14(3)13(2)9-16(17)21-4/h5,9-11,21H,1,6-8,12H2,2-4H3,(H,23,24). The smallest absolute Gasteiger partial charge is 0.226 e. The van der Waals surface area contributed by atoms with Gasteiger partial charge in [-0.2, -0.15) is 5.10 Å². The van der Waals surface area contributed by atoms with Crippen LogP contribution in [0, 0.1) is 13.8 Å². The Labute approximate surface area is 154 Å². The van der Waals surface area contributed by atoms with E-state index in [0.717, 1.165) is 34.7 Å². The first-order valence-electron chi connectivity index (χ1n) is 8.81. The summed E-state index contributed by atoms with van der Waals surface area (Å²) in [7, 11) is 1.90. The van der Waals surface area contributed by atoms with Gasteiger partial charge < -0.3 is 10.2 Å². The first-order chi connectivity index (χ1) is 12.5. The summed E-state index contributed by atoms with van der Waals surface area (Å²) >= 11 is 0. The third-order valence-corrected chi connectivity index (χ3v) is 4.84. The molecule has 0 spiro atoms. The average molecular weight is 351 g/mol. The van der Waals surface area contributed by atoms with Gasteiger partial charge in [-0.3, -0.25) is 14.9 Å². The summed E-state index contributed by atoms with van der Waals surface area (Å²) in [5.74, 6) is 0.101. The summed E-state index contributed by atoms with van der Waals surface area (Å²) in [6, 6.07) is 4.18. The van der Waals surface area contributed by atoms with Gasteiger partial charge in [0.25, 0.3) is 0 Å². The lowest BCUT2D eigenvalue weighted by atomic mass is 10.0. The fourth-order valence-corrected chi connectivity index (χ4v) is 3.15. The van der Waals surface area contributed by atoms with Gasteiger partial charge in [0.1, 0.15) is 5.69 Å². The van der Waals surface area contributed by atoms with Crippen molar-refractivity contribution in [1.29, 1.82) is 0 Å². The maximum absolute atomic E-state index is 12.0. The molecule has 3 rings (SSSR count). The van der Waals surface area contributed by atoms with E-state index < -0.39 is 0 Å². The molecular weight excluding hydrogens is 326 g/mol. The third-order valence-electron chi connectivity index (χ3n) is 4.84. The summed E-state index contributed by atoms with van der Waals surface area (Å²) < 4.78 is 0. The van der Waals surface area contributed by atoms with E-state index >= 15 is 0 Å². The van der Waals surface area contributed by atoms with E-state index in [1.807, 2.05) is 18.2 Å². The number of aryl methyl sites for hydroxylation is 2. The number of nitrogens with zero attached hydrogens (tertiary/aromatic N) is 3. The molecule has 26 heavy (non-hydrogen) atoms. The lowest BCUT2D eigenvalue weighted by molar-refractivity contribution is -0.131. The summed E-state index contributed by atoms with van der Waals surface area (Å²) in [5.41, 5.74) is 7.30. The first-order valence-corrected chi connectivity index (χ1v) is 8.81. The van der Waals surface area contributed by atoms with Crippen molar-refractivity contribution < 1.29 is 4.79 Å².